The summed E-state index contributed by atoms with van der Waals surface area (Å²) in [5.74, 6) is 0.809. The number of nitrogens with zero attached hydrogens (tertiary/aromatic N) is 1. The number of aliphatic imine (C=N–C) groups is 1. The number of hydrogen-bond acceptors (Lipinski definition) is 4. The fourth-order valence-electron chi connectivity index (χ4n) is 2.66. The lowest BCUT2D eigenvalue weighted by atomic mass is 10.2. The van der Waals surface area contributed by atoms with E-state index in [1.54, 1.807) is 0 Å². The molecule has 0 aromatic heterocycles. The van der Waals surface area contributed by atoms with Crippen molar-refractivity contribution in [1.29, 1.82) is 0 Å². The lowest BCUT2D eigenvalue weighted by Gasteiger charge is -2.17. The Kier molecular flexibility index (Phi) is 12.4. The van der Waals surface area contributed by atoms with Crippen LogP contribution in [0.5, 0.6) is 0 Å². The van der Waals surface area contributed by atoms with Crippen LogP contribution >= 0.6 is 24.0 Å². The van der Waals surface area contributed by atoms with Gasteiger partial charge in [0.25, 0.3) is 0 Å². The molecule has 1 amide bonds. The highest BCUT2D eigenvalue weighted by molar-refractivity contribution is 14.0. The maximum atomic E-state index is 11.9. The van der Waals surface area contributed by atoms with Gasteiger partial charge >= 0.3 is 0 Å². The number of halogens is 1. The fraction of sp³-hybridized carbons (Fsp3) is 0.875. The zero-order valence-electron chi connectivity index (χ0n) is 15.5. The molecule has 148 valence electrons. The van der Waals surface area contributed by atoms with Gasteiger partial charge in [-0.2, -0.15) is 0 Å². The molecule has 9 heteroatoms. The van der Waals surface area contributed by atoms with Gasteiger partial charge in [-0.3, -0.25) is 9.79 Å². The van der Waals surface area contributed by atoms with Crippen molar-refractivity contribution < 1.29 is 13.2 Å². The van der Waals surface area contributed by atoms with Crippen molar-refractivity contribution in [2.24, 2.45) is 4.99 Å². The van der Waals surface area contributed by atoms with E-state index in [9.17, 15) is 13.2 Å². The van der Waals surface area contributed by atoms with E-state index in [0.29, 0.717) is 37.9 Å². The van der Waals surface area contributed by atoms with E-state index in [1.165, 1.54) is 19.1 Å². The molecular formula is C16H33IN4O3S. The smallest absolute Gasteiger partial charge is 0.222 e. The Morgan fingerprint density at radius 2 is 1.92 bits per heavy atom. The summed E-state index contributed by atoms with van der Waals surface area (Å²) < 4.78 is 22.4. The molecule has 0 heterocycles. The fourth-order valence-corrected chi connectivity index (χ4v) is 3.44. The van der Waals surface area contributed by atoms with Gasteiger partial charge in [0.05, 0.1) is 12.3 Å². The molecule has 0 bridgehead atoms. The summed E-state index contributed by atoms with van der Waals surface area (Å²) in [7, 11) is -2.96. The molecule has 0 saturated heterocycles. The second kappa shape index (κ2) is 12.7. The molecule has 0 aromatic rings. The molecule has 0 radical (unpaired) electrons. The normalized spacial score (nSPS) is 16.8. The van der Waals surface area contributed by atoms with E-state index in [-0.39, 0.29) is 41.7 Å². The largest absolute Gasteiger partial charge is 0.357 e. The standard InChI is InChI=1S/C16H32N4O3S.HI/c1-4-17-16(19-13(2)10-12-24(3,22)23)18-11-9-15(21)20-14-7-5-6-8-14;/h13-14H,4-12H2,1-3H3,(H,20,21)(H2,17,18,19);1H. The van der Waals surface area contributed by atoms with E-state index < -0.39 is 9.84 Å². The van der Waals surface area contributed by atoms with Crippen molar-refractivity contribution in [2.75, 3.05) is 25.1 Å². The monoisotopic (exact) mass is 488 g/mol. The van der Waals surface area contributed by atoms with Crippen LogP contribution in [0.3, 0.4) is 0 Å². The molecular weight excluding hydrogens is 455 g/mol. The third-order valence-electron chi connectivity index (χ3n) is 3.98. The molecule has 1 saturated carbocycles. The van der Waals surface area contributed by atoms with E-state index in [2.05, 4.69) is 20.9 Å². The summed E-state index contributed by atoms with van der Waals surface area (Å²) in [6.07, 6.45) is 6.68. The Labute approximate surface area is 169 Å². The van der Waals surface area contributed by atoms with Crippen LogP contribution in [-0.2, 0) is 14.6 Å². The van der Waals surface area contributed by atoms with Crippen LogP contribution in [0.4, 0.5) is 0 Å². The van der Waals surface area contributed by atoms with Gasteiger partial charge in [0.1, 0.15) is 9.84 Å². The quantitative estimate of drug-likeness (QED) is 0.259. The maximum absolute atomic E-state index is 11.9. The first kappa shape index (κ1) is 24.4. The van der Waals surface area contributed by atoms with Gasteiger partial charge in [0.15, 0.2) is 5.96 Å². The second-order valence-corrected chi connectivity index (χ2v) is 8.78. The van der Waals surface area contributed by atoms with Crippen LogP contribution in [0.1, 0.15) is 52.4 Å². The number of rotatable bonds is 9. The molecule has 3 N–H and O–H groups in total. The Bertz CT molecular complexity index is 519. The zero-order chi connectivity index (χ0) is 18.0. The molecule has 1 rings (SSSR count). The number of carbonyl (C=O) groups is 1. The number of hydrogen-bond donors (Lipinski definition) is 3. The lowest BCUT2D eigenvalue weighted by Crippen LogP contribution is -2.43. The van der Waals surface area contributed by atoms with Gasteiger partial charge in [0, 0.05) is 31.3 Å². The zero-order valence-corrected chi connectivity index (χ0v) is 18.7. The molecule has 25 heavy (non-hydrogen) atoms. The first-order valence-corrected chi connectivity index (χ1v) is 10.9. The van der Waals surface area contributed by atoms with E-state index in [0.717, 1.165) is 12.8 Å². The van der Waals surface area contributed by atoms with E-state index in [1.807, 2.05) is 13.8 Å². The van der Waals surface area contributed by atoms with Crippen LogP contribution in [0, 0.1) is 0 Å². The lowest BCUT2D eigenvalue weighted by molar-refractivity contribution is -0.121. The SMILES string of the molecule is CCNC(=NCCC(=O)NC1CCCC1)NC(C)CCS(C)(=O)=O.I. The minimum absolute atomic E-state index is 0. The van der Waals surface area contributed by atoms with Gasteiger partial charge in [-0.1, -0.05) is 12.8 Å². The first-order valence-electron chi connectivity index (χ1n) is 8.82. The molecule has 1 atom stereocenters. The molecule has 0 spiro atoms. The van der Waals surface area contributed by atoms with Gasteiger partial charge in [0.2, 0.25) is 5.91 Å². The second-order valence-electron chi connectivity index (χ2n) is 6.52. The third kappa shape index (κ3) is 12.4. The summed E-state index contributed by atoms with van der Waals surface area (Å²) in [5.41, 5.74) is 0. The van der Waals surface area contributed by atoms with E-state index >= 15 is 0 Å². The summed E-state index contributed by atoms with van der Waals surface area (Å²) in [4.78, 5) is 16.3. The number of carbonyl (C=O) groups excluding carboxylic acids is 1. The Morgan fingerprint density at radius 1 is 1.28 bits per heavy atom. The summed E-state index contributed by atoms with van der Waals surface area (Å²) in [6.45, 7) is 5.00. The Hall–Kier alpha value is -0.580. The maximum Gasteiger partial charge on any atom is 0.222 e. The van der Waals surface area contributed by atoms with E-state index in [4.69, 9.17) is 0 Å². The molecule has 1 unspecified atom stereocenters. The molecule has 1 fully saturated rings. The van der Waals surface area contributed by atoms with Crippen LogP contribution in [-0.4, -0.2) is 57.5 Å². The summed E-state index contributed by atoms with van der Waals surface area (Å²) >= 11 is 0. The summed E-state index contributed by atoms with van der Waals surface area (Å²) in [6, 6.07) is 0.327. The highest BCUT2D eigenvalue weighted by Gasteiger charge is 2.16. The Balaban J connectivity index is 0.00000576. The predicted octanol–water partition coefficient (Wildman–Crippen LogP) is 1.43. The molecule has 0 aromatic carbocycles. The van der Waals surface area contributed by atoms with Gasteiger partial charge in [-0.05, 0) is 33.1 Å². The topological polar surface area (TPSA) is 99.7 Å². The molecule has 1 aliphatic carbocycles. The predicted molar refractivity (Wildman–Crippen MR) is 113 cm³/mol. The average molecular weight is 488 g/mol. The van der Waals surface area contributed by atoms with Crippen molar-refractivity contribution in [3.05, 3.63) is 0 Å². The first-order chi connectivity index (χ1) is 11.3. The highest BCUT2D eigenvalue weighted by atomic mass is 127. The van der Waals surface area contributed by atoms with Crippen molar-refractivity contribution in [2.45, 2.75) is 64.5 Å². The third-order valence-corrected chi connectivity index (χ3v) is 4.96. The minimum Gasteiger partial charge on any atom is -0.357 e. The van der Waals surface area contributed by atoms with Gasteiger partial charge in [-0.25, -0.2) is 8.42 Å². The average Bonchev–Trinajstić information content (AvgIpc) is 2.97. The van der Waals surface area contributed by atoms with Crippen molar-refractivity contribution >= 4 is 45.7 Å². The highest BCUT2D eigenvalue weighted by Crippen LogP contribution is 2.17. The molecule has 1 aliphatic rings. The van der Waals surface area contributed by atoms with Crippen molar-refractivity contribution in [3.63, 3.8) is 0 Å². The molecule has 7 nitrogen and oxygen atoms in total. The number of nitrogens with one attached hydrogen (secondary N) is 3. The van der Waals surface area contributed by atoms with Crippen LogP contribution in [0.25, 0.3) is 0 Å². The van der Waals surface area contributed by atoms with Crippen molar-refractivity contribution in [3.8, 4) is 0 Å². The Morgan fingerprint density at radius 3 is 2.48 bits per heavy atom. The van der Waals surface area contributed by atoms with Gasteiger partial charge < -0.3 is 16.0 Å². The summed E-state index contributed by atoms with van der Waals surface area (Å²) in [5, 5.41) is 9.34. The number of guanidine groups is 1. The van der Waals surface area contributed by atoms with Crippen LogP contribution in [0.2, 0.25) is 0 Å². The minimum atomic E-state index is -2.96. The van der Waals surface area contributed by atoms with Gasteiger partial charge in [-0.15, -0.1) is 24.0 Å². The van der Waals surface area contributed by atoms with Crippen LogP contribution in [0.15, 0.2) is 4.99 Å². The number of amides is 1. The molecule has 0 aliphatic heterocycles. The number of sulfone groups is 1. The van der Waals surface area contributed by atoms with Crippen LogP contribution < -0.4 is 16.0 Å². The van der Waals surface area contributed by atoms with Crippen molar-refractivity contribution in [1.82, 2.24) is 16.0 Å².